The van der Waals surface area contributed by atoms with Crippen LogP contribution in [0.3, 0.4) is 0 Å². The minimum absolute atomic E-state index is 0.197. The maximum atomic E-state index is 13.5. The average Bonchev–Trinajstić information content (AvgIpc) is 2.55. The molecule has 2 nitrogen and oxygen atoms in total. The lowest BCUT2D eigenvalue weighted by molar-refractivity contribution is 0.248. The van der Waals surface area contributed by atoms with Gasteiger partial charge in [0.1, 0.15) is 5.82 Å². The average molecular weight is 243 g/mol. The zero-order valence-electron chi connectivity index (χ0n) is 9.29. The topological polar surface area (TPSA) is 29.3 Å². The summed E-state index contributed by atoms with van der Waals surface area (Å²) in [6.07, 6.45) is 0.976. The molecule has 0 aromatic heterocycles. The van der Waals surface area contributed by atoms with E-state index in [1.807, 2.05) is 0 Å². The Balaban J connectivity index is 2.12. The standard InChI is InChI=1S/C12H16ClFN2/c1-8-12(15)4-5-16(8)7-9-6-10(13)2-3-11(9)14/h2-3,6,8,12H,4-5,7,15H2,1H3. The zero-order valence-corrected chi connectivity index (χ0v) is 10.0. The summed E-state index contributed by atoms with van der Waals surface area (Å²) in [4.78, 5) is 2.19. The lowest BCUT2D eigenvalue weighted by Crippen LogP contribution is -2.36. The van der Waals surface area contributed by atoms with Gasteiger partial charge in [0.2, 0.25) is 0 Å². The van der Waals surface area contributed by atoms with E-state index in [2.05, 4.69) is 11.8 Å². The second-order valence-electron chi connectivity index (χ2n) is 4.40. The van der Waals surface area contributed by atoms with Crippen LogP contribution in [-0.4, -0.2) is 23.5 Å². The van der Waals surface area contributed by atoms with Gasteiger partial charge in [-0.15, -0.1) is 0 Å². The summed E-state index contributed by atoms with van der Waals surface area (Å²) in [6, 6.07) is 5.17. The van der Waals surface area contributed by atoms with Crippen molar-refractivity contribution in [1.82, 2.24) is 4.90 Å². The van der Waals surface area contributed by atoms with Crippen molar-refractivity contribution in [3.8, 4) is 0 Å². The summed E-state index contributed by atoms with van der Waals surface area (Å²) in [7, 11) is 0. The van der Waals surface area contributed by atoms with Crippen molar-refractivity contribution in [3.63, 3.8) is 0 Å². The van der Waals surface area contributed by atoms with Crippen LogP contribution in [0.25, 0.3) is 0 Å². The Bertz CT molecular complexity index is 383. The Labute approximate surface area is 100 Å². The summed E-state index contributed by atoms with van der Waals surface area (Å²) in [5.74, 6) is -0.197. The Morgan fingerprint density at radius 3 is 2.94 bits per heavy atom. The molecule has 1 fully saturated rings. The van der Waals surface area contributed by atoms with Gasteiger partial charge in [0.05, 0.1) is 0 Å². The quantitative estimate of drug-likeness (QED) is 0.863. The van der Waals surface area contributed by atoms with E-state index in [0.29, 0.717) is 23.2 Å². The van der Waals surface area contributed by atoms with E-state index in [0.717, 1.165) is 13.0 Å². The van der Waals surface area contributed by atoms with E-state index in [1.165, 1.54) is 6.07 Å². The van der Waals surface area contributed by atoms with Crippen LogP contribution in [0, 0.1) is 5.82 Å². The highest BCUT2D eigenvalue weighted by molar-refractivity contribution is 6.30. The van der Waals surface area contributed by atoms with Gasteiger partial charge in [-0.25, -0.2) is 4.39 Å². The molecule has 0 bridgehead atoms. The van der Waals surface area contributed by atoms with Crippen LogP contribution in [0.15, 0.2) is 18.2 Å². The van der Waals surface area contributed by atoms with Crippen molar-refractivity contribution < 1.29 is 4.39 Å². The Morgan fingerprint density at radius 2 is 2.31 bits per heavy atom. The molecule has 0 amide bonds. The molecule has 1 heterocycles. The molecule has 4 heteroatoms. The molecule has 16 heavy (non-hydrogen) atoms. The van der Waals surface area contributed by atoms with Crippen molar-refractivity contribution in [2.24, 2.45) is 5.73 Å². The molecule has 88 valence electrons. The largest absolute Gasteiger partial charge is 0.326 e. The molecule has 0 aliphatic carbocycles. The smallest absolute Gasteiger partial charge is 0.127 e. The molecule has 0 radical (unpaired) electrons. The molecular formula is C12H16ClFN2. The summed E-state index contributed by atoms with van der Waals surface area (Å²) < 4.78 is 13.5. The van der Waals surface area contributed by atoms with Crippen molar-refractivity contribution in [1.29, 1.82) is 0 Å². The molecule has 0 saturated carbocycles. The van der Waals surface area contributed by atoms with Crippen molar-refractivity contribution in [2.75, 3.05) is 6.54 Å². The Hall–Kier alpha value is -0.640. The minimum atomic E-state index is -0.197. The van der Waals surface area contributed by atoms with Crippen LogP contribution in [0.4, 0.5) is 4.39 Å². The van der Waals surface area contributed by atoms with E-state index in [9.17, 15) is 4.39 Å². The molecular weight excluding hydrogens is 227 g/mol. The fourth-order valence-electron chi connectivity index (χ4n) is 2.14. The normalized spacial score (nSPS) is 26.2. The highest BCUT2D eigenvalue weighted by Gasteiger charge is 2.28. The number of halogens is 2. The van der Waals surface area contributed by atoms with Crippen LogP contribution in [0.5, 0.6) is 0 Å². The molecule has 1 aliphatic heterocycles. The van der Waals surface area contributed by atoms with Crippen LogP contribution < -0.4 is 5.73 Å². The second kappa shape index (κ2) is 4.70. The molecule has 1 aliphatic rings. The summed E-state index contributed by atoms with van der Waals surface area (Å²) in [5.41, 5.74) is 6.58. The highest BCUT2D eigenvalue weighted by atomic mass is 35.5. The van der Waals surface area contributed by atoms with Crippen molar-refractivity contribution in [2.45, 2.75) is 32.0 Å². The third-order valence-electron chi connectivity index (χ3n) is 3.33. The molecule has 0 spiro atoms. The zero-order chi connectivity index (χ0) is 11.7. The van der Waals surface area contributed by atoms with Gasteiger partial charge in [-0.05, 0) is 31.5 Å². The first-order valence-corrected chi connectivity index (χ1v) is 5.89. The minimum Gasteiger partial charge on any atom is -0.326 e. The lowest BCUT2D eigenvalue weighted by atomic mass is 10.1. The summed E-state index contributed by atoms with van der Waals surface area (Å²) in [6.45, 7) is 3.59. The number of benzene rings is 1. The van der Waals surface area contributed by atoms with Crippen LogP contribution in [0.2, 0.25) is 5.02 Å². The first-order chi connectivity index (χ1) is 7.58. The van der Waals surface area contributed by atoms with Gasteiger partial charge < -0.3 is 5.73 Å². The van der Waals surface area contributed by atoms with Crippen LogP contribution >= 0.6 is 11.6 Å². The van der Waals surface area contributed by atoms with Gasteiger partial charge in [0.25, 0.3) is 0 Å². The Morgan fingerprint density at radius 1 is 1.56 bits per heavy atom. The Kier molecular flexibility index (Phi) is 3.47. The maximum Gasteiger partial charge on any atom is 0.127 e. The summed E-state index contributed by atoms with van der Waals surface area (Å²) >= 11 is 5.86. The monoisotopic (exact) mass is 242 g/mol. The fraction of sp³-hybridized carbons (Fsp3) is 0.500. The molecule has 1 aromatic carbocycles. The molecule has 1 saturated heterocycles. The van der Waals surface area contributed by atoms with E-state index >= 15 is 0 Å². The number of hydrogen-bond donors (Lipinski definition) is 1. The van der Waals surface area contributed by atoms with E-state index in [4.69, 9.17) is 17.3 Å². The van der Waals surface area contributed by atoms with Crippen molar-refractivity contribution in [3.05, 3.63) is 34.6 Å². The number of rotatable bonds is 2. The molecule has 2 atom stereocenters. The van der Waals surface area contributed by atoms with Crippen LogP contribution in [0.1, 0.15) is 18.9 Å². The summed E-state index contributed by atoms with van der Waals surface area (Å²) in [5, 5.41) is 0.576. The highest BCUT2D eigenvalue weighted by Crippen LogP contribution is 2.22. The molecule has 2 unspecified atom stereocenters. The predicted octanol–water partition coefficient (Wildman–Crippen LogP) is 2.40. The van der Waals surface area contributed by atoms with Gasteiger partial charge in [0.15, 0.2) is 0 Å². The SMILES string of the molecule is CC1C(N)CCN1Cc1cc(Cl)ccc1F. The first kappa shape index (κ1) is 11.8. The van der Waals surface area contributed by atoms with Gasteiger partial charge in [-0.1, -0.05) is 11.6 Å². The van der Waals surface area contributed by atoms with Crippen molar-refractivity contribution >= 4 is 11.6 Å². The lowest BCUT2D eigenvalue weighted by Gasteiger charge is -2.23. The van der Waals surface area contributed by atoms with Crippen LogP contribution in [-0.2, 0) is 6.54 Å². The number of likely N-dealkylation sites (tertiary alicyclic amines) is 1. The molecule has 2 rings (SSSR count). The van der Waals surface area contributed by atoms with E-state index < -0.39 is 0 Å². The number of hydrogen-bond acceptors (Lipinski definition) is 2. The van der Waals surface area contributed by atoms with Gasteiger partial charge in [-0.2, -0.15) is 0 Å². The second-order valence-corrected chi connectivity index (χ2v) is 4.84. The third kappa shape index (κ3) is 2.37. The predicted molar refractivity (Wildman–Crippen MR) is 63.9 cm³/mol. The number of nitrogens with two attached hydrogens (primary N) is 1. The molecule has 2 N–H and O–H groups in total. The maximum absolute atomic E-state index is 13.5. The molecule has 1 aromatic rings. The van der Waals surface area contributed by atoms with E-state index in [1.54, 1.807) is 12.1 Å². The van der Waals surface area contributed by atoms with E-state index in [-0.39, 0.29) is 11.9 Å². The number of nitrogens with zero attached hydrogens (tertiary/aromatic N) is 1. The first-order valence-electron chi connectivity index (χ1n) is 5.51. The fourth-order valence-corrected chi connectivity index (χ4v) is 2.33. The third-order valence-corrected chi connectivity index (χ3v) is 3.56. The van der Waals surface area contributed by atoms with Gasteiger partial charge >= 0.3 is 0 Å². The van der Waals surface area contributed by atoms with Gasteiger partial charge in [-0.3, -0.25) is 4.90 Å². The van der Waals surface area contributed by atoms with Gasteiger partial charge in [0, 0.05) is 35.8 Å².